The highest BCUT2D eigenvalue weighted by molar-refractivity contribution is 8.00. The molecule has 0 aliphatic carbocycles. The lowest BCUT2D eigenvalue weighted by atomic mass is 10.5. The number of nitrogens with zero attached hydrogens (tertiary/aromatic N) is 1. The molecule has 0 unspecified atom stereocenters. The van der Waals surface area contributed by atoms with Crippen LogP contribution in [0.5, 0.6) is 0 Å². The van der Waals surface area contributed by atoms with E-state index in [0.29, 0.717) is 6.54 Å². The zero-order valence-electron chi connectivity index (χ0n) is 5.28. The highest BCUT2D eigenvalue weighted by atomic mass is 32.2. The first-order chi connectivity index (χ1) is 4.79. The van der Waals surface area contributed by atoms with Crippen LogP contribution in [-0.2, 0) is 4.79 Å². The third-order valence-corrected chi connectivity index (χ3v) is 1.69. The number of rotatable bonds is 2. The molecule has 4 nitrogen and oxygen atoms in total. The molecule has 1 aliphatic heterocycles. The van der Waals surface area contributed by atoms with E-state index < -0.39 is 5.97 Å². The van der Waals surface area contributed by atoms with Gasteiger partial charge < -0.3 is 5.11 Å². The highest BCUT2D eigenvalue weighted by Crippen LogP contribution is 2.03. The van der Waals surface area contributed by atoms with E-state index in [4.69, 9.17) is 5.11 Å². The quantitative estimate of drug-likeness (QED) is 0.559. The largest absolute Gasteiger partial charge is 0.480 e. The summed E-state index contributed by atoms with van der Waals surface area (Å²) in [7, 11) is 0. The van der Waals surface area contributed by atoms with Crippen LogP contribution in [0.1, 0.15) is 0 Å². The Morgan fingerprint density at radius 2 is 2.70 bits per heavy atom. The molecule has 0 spiro atoms. The van der Waals surface area contributed by atoms with Crippen LogP contribution < -0.4 is 4.83 Å². The molecule has 1 aliphatic rings. The van der Waals surface area contributed by atoms with Gasteiger partial charge in [-0.3, -0.25) is 4.79 Å². The van der Waals surface area contributed by atoms with Gasteiger partial charge in [-0.1, -0.05) is 6.08 Å². The minimum atomic E-state index is -0.816. The molecule has 0 aromatic heterocycles. The Balaban J connectivity index is 2.28. The lowest BCUT2D eigenvalue weighted by Gasteiger charge is -2.20. The Hall–Kier alpha value is -0.520. The summed E-state index contributed by atoms with van der Waals surface area (Å²) in [6, 6.07) is 0. The molecular formula is C5H8N2O2S. The Morgan fingerprint density at radius 3 is 3.20 bits per heavy atom. The smallest absolute Gasteiger partial charge is 0.319 e. The summed E-state index contributed by atoms with van der Waals surface area (Å²) in [5.74, 6) is -0.816. The molecule has 5 heteroatoms. The van der Waals surface area contributed by atoms with E-state index in [9.17, 15) is 4.79 Å². The normalized spacial score (nSPS) is 19.2. The predicted molar refractivity (Wildman–Crippen MR) is 39.1 cm³/mol. The monoisotopic (exact) mass is 160 g/mol. The standard InChI is InChI=1S/C5H8N2O2S/c8-5(9)4-7-2-1-3-10-6-7/h1,3,6H,2,4H2,(H,8,9). The van der Waals surface area contributed by atoms with Gasteiger partial charge in [-0.25, -0.2) is 5.01 Å². The summed E-state index contributed by atoms with van der Waals surface area (Å²) in [6.07, 6.45) is 1.91. The molecule has 2 N–H and O–H groups in total. The fraction of sp³-hybridized carbons (Fsp3) is 0.400. The average Bonchev–Trinajstić information content (AvgIpc) is 1.88. The number of nitrogens with one attached hydrogen (secondary N) is 1. The number of carboxylic acid groups (broad SMARTS) is 1. The van der Waals surface area contributed by atoms with Gasteiger partial charge in [-0.2, -0.15) is 4.83 Å². The van der Waals surface area contributed by atoms with E-state index in [2.05, 4.69) is 4.83 Å². The first kappa shape index (κ1) is 7.59. The van der Waals surface area contributed by atoms with Crippen molar-refractivity contribution in [3.8, 4) is 0 Å². The van der Waals surface area contributed by atoms with Crippen LogP contribution in [0.25, 0.3) is 0 Å². The van der Waals surface area contributed by atoms with Crippen molar-refractivity contribution in [1.82, 2.24) is 9.84 Å². The molecule has 1 heterocycles. The molecule has 0 radical (unpaired) electrons. The van der Waals surface area contributed by atoms with E-state index >= 15 is 0 Å². The van der Waals surface area contributed by atoms with Crippen molar-refractivity contribution in [3.05, 3.63) is 11.5 Å². The van der Waals surface area contributed by atoms with E-state index in [0.717, 1.165) is 0 Å². The van der Waals surface area contributed by atoms with Crippen molar-refractivity contribution in [2.45, 2.75) is 0 Å². The van der Waals surface area contributed by atoms with E-state index in [-0.39, 0.29) is 6.54 Å². The molecule has 1 rings (SSSR count). The molecule has 10 heavy (non-hydrogen) atoms. The van der Waals surface area contributed by atoms with Crippen LogP contribution in [0.4, 0.5) is 0 Å². The topological polar surface area (TPSA) is 52.6 Å². The molecule has 0 bridgehead atoms. The number of hydrogen-bond donors (Lipinski definition) is 2. The summed E-state index contributed by atoms with van der Waals surface area (Å²) in [4.78, 5) is 13.0. The second kappa shape index (κ2) is 3.60. The Labute approximate surface area is 63.0 Å². The van der Waals surface area contributed by atoms with Crippen molar-refractivity contribution in [2.24, 2.45) is 0 Å². The van der Waals surface area contributed by atoms with Crippen molar-refractivity contribution in [3.63, 3.8) is 0 Å². The molecular weight excluding hydrogens is 152 g/mol. The van der Waals surface area contributed by atoms with Gasteiger partial charge in [0.25, 0.3) is 0 Å². The maximum absolute atomic E-state index is 10.2. The molecule has 0 aromatic rings. The van der Waals surface area contributed by atoms with Gasteiger partial charge in [0.1, 0.15) is 6.54 Å². The molecule has 0 fully saturated rings. The first-order valence-electron chi connectivity index (χ1n) is 2.82. The third-order valence-electron chi connectivity index (χ3n) is 0.998. The second-order valence-electron chi connectivity index (χ2n) is 1.86. The number of hydrogen-bond acceptors (Lipinski definition) is 4. The van der Waals surface area contributed by atoms with Gasteiger partial charge >= 0.3 is 5.97 Å². The summed E-state index contributed by atoms with van der Waals surface area (Å²) in [5, 5.41) is 11.9. The maximum atomic E-state index is 10.2. The van der Waals surface area contributed by atoms with Crippen LogP contribution in [0.15, 0.2) is 11.5 Å². The fourth-order valence-electron chi connectivity index (χ4n) is 0.621. The summed E-state index contributed by atoms with van der Waals surface area (Å²) in [5.41, 5.74) is 0. The van der Waals surface area contributed by atoms with Gasteiger partial charge in [0.05, 0.1) is 0 Å². The minimum absolute atomic E-state index is 0.0390. The van der Waals surface area contributed by atoms with Crippen molar-refractivity contribution in [1.29, 1.82) is 0 Å². The van der Waals surface area contributed by atoms with E-state index in [1.807, 2.05) is 11.5 Å². The zero-order valence-corrected chi connectivity index (χ0v) is 6.10. The van der Waals surface area contributed by atoms with Crippen molar-refractivity contribution in [2.75, 3.05) is 13.1 Å². The van der Waals surface area contributed by atoms with Gasteiger partial charge in [-0.15, -0.1) is 0 Å². The van der Waals surface area contributed by atoms with Crippen LogP contribution in [0.2, 0.25) is 0 Å². The second-order valence-corrected chi connectivity index (χ2v) is 2.55. The summed E-state index contributed by atoms with van der Waals surface area (Å²) < 4.78 is 0. The van der Waals surface area contributed by atoms with Crippen LogP contribution >= 0.6 is 11.9 Å². The number of carbonyl (C=O) groups is 1. The number of hydrazine groups is 1. The average molecular weight is 160 g/mol. The van der Waals surface area contributed by atoms with Gasteiger partial charge in [0.2, 0.25) is 0 Å². The third kappa shape index (κ3) is 2.38. The minimum Gasteiger partial charge on any atom is -0.480 e. The Morgan fingerprint density at radius 1 is 1.90 bits per heavy atom. The van der Waals surface area contributed by atoms with E-state index in [1.54, 1.807) is 5.01 Å². The lowest BCUT2D eigenvalue weighted by molar-refractivity contribution is -0.138. The van der Waals surface area contributed by atoms with Crippen LogP contribution in [0.3, 0.4) is 0 Å². The fourth-order valence-corrected chi connectivity index (χ4v) is 1.15. The van der Waals surface area contributed by atoms with Gasteiger partial charge in [-0.05, 0) is 17.4 Å². The molecule has 0 amide bonds. The Kier molecular flexibility index (Phi) is 2.73. The highest BCUT2D eigenvalue weighted by Gasteiger charge is 2.08. The van der Waals surface area contributed by atoms with E-state index in [1.165, 1.54) is 11.9 Å². The molecule has 0 saturated carbocycles. The number of aliphatic carboxylic acids is 1. The predicted octanol–water partition coefficient (Wildman–Crippen LogP) is 0.0531. The molecule has 56 valence electrons. The first-order valence-corrected chi connectivity index (χ1v) is 3.70. The zero-order chi connectivity index (χ0) is 7.40. The van der Waals surface area contributed by atoms with Crippen LogP contribution in [0, 0.1) is 0 Å². The van der Waals surface area contributed by atoms with Crippen molar-refractivity contribution < 1.29 is 9.90 Å². The Bertz CT molecular complexity index is 160. The number of carboxylic acids is 1. The summed E-state index contributed by atoms with van der Waals surface area (Å²) >= 11 is 1.38. The van der Waals surface area contributed by atoms with Crippen LogP contribution in [-0.4, -0.2) is 29.2 Å². The molecule has 0 aromatic carbocycles. The molecule has 0 atom stereocenters. The lowest BCUT2D eigenvalue weighted by Crippen LogP contribution is -2.38. The molecule has 0 saturated heterocycles. The van der Waals surface area contributed by atoms with Gasteiger partial charge in [0.15, 0.2) is 0 Å². The maximum Gasteiger partial charge on any atom is 0.319 e. The summed E-state index contributed by atoms with van der Waals surface area (Å²) in [6.45, 7) is 0.691. The van der Waals surface area contributed by atoms with Crippen molar-refractivity contribution >= 4 is 17.9 Å². The SMILES string of the molecule is O=C(O)CN1CC=CSN1. The van der Waals surface area contributed by atoms with Gasteiger partial charge in [0, 0.05) is 6.54 Å².